The molecule has 0 fully saturated rings. The van der Waals surface area contributed by atoms with Crippen LogP contribution in [0.2, 0.25) is 0 Å². The highest BCUT2D eigenvalue weighted by atomic mass is 15.0. The van der Waals surface area contributed by atoms with E-state index >= 15 is 0 Å². The zero-order chi connectivity index (χ0) is 72.2. The quantitative estimate of drug-likeness (QED) is 0.109. The van der Waals surface area contributed by atoms with Crippen molar-refractivity contribution in [2.75, 3.05) is 0 Å². The van der Waals surface area contributed by atoms with Gasteiger partial charge in [-0.2, -0.15) is 0 Å². The molecule has 0 N–H and O–H groups in total. The summed E-state index contributed by atoms with van der Waals surface area (Å²) in [5, 5.41) is 0. The highest BCUT2D eigenvalue weighted by Gasteiger charge is 2.51. The van der Waals surface area contributed by atoms with E-state index in [1.54, 1.807) is 0 Å². The molecular formula is C106H69N3. The molecule has 0 radical (unpaired) electrons. The van der Waals surface area contributed by atoms with Gasteiger partial charge in [-0.05, 0) is 228 Å². The van der Waals surface area contributed by atoms with Crippen molar-refractivity contribution in [2.24, 2.45) is 0 Å². The van der Waals surface area contributed by atoms with Gasteiger partial charge in [0.2, 0.25) is 0 Å². The van der Waals surface area contributed by atoms with Gasteiger partial charge in [0.25, 0.3) is 0 Å². The first-order chi connectivity index (χ1) is 53.9. The smallest absolute Gasteiger partial charge is 0.164 e. The van der Waals surface area contributed by atoms with Crippen molar-refractivity contribution in [3.8, 4) is 179 Å². The van der Waals surface area contributed by atoms with Gasteiger partial charge >= 0.3 is 0 Å². The predicted octanol–water partition coefficient (Wildman–Crippen LogP) is 27.6. The van der Waals surface area contributed by atoms with E-state index < -0.39 is 5.41 Å². The first-order valence-electron chi connectivity index (χ1n) is 37.4. The van der Waals surface area contributed by atoms with Gasteiger partial charge in [0, 0.05) is 16.7 Å². The molecule has 2 aliphatic rings. The Bertz CT molecular complexity index is 6470. The van der Waals surface area contributed by atoms with E-state index in [2.05, 4.69) is 419 Å². The van der Waals surface area contributed by atoms with Crippen molar-refractivity contribution < 1.29 is 0 Å². The van der Waals surface area contributed by atoms with Gasteiger partial charge in [-0.25, -0.2) is 15.0 Å². The SMILES string of the molecule is c1ccc(-c2cccc(-c3ccc(-c4nc(-c5ccc(-c6cccc(-c7cccc(-c8cccc(-c9cccc(-c%10cccc(-c%11ccc%12c(c%11)C%11(c%13ccccc%13-c%13ccccc%13%11)c%11ccccc%11-%12)c%10)c9)c8)c7)c6)cc5)nc(-c5cccc(-c6cccc(-c7cccc(-c8ccccc8)c7)c6)c5)n4)cc3)c2)cc1. The third-order valence-electron chi connectivity index (χ3n) is 22.2. The van der Waals surface area contributed by atoms with Crippen molar-refractivity contribution in [1.29, 1.82) is 0 Å². The van der Waals surface area contributed by atoms with E-state index in [0.717, 1.165) is 83.5 Å². The Morgan fingerprint density at radius 2 is 0.303 bits per heavy atom. The molecule has 1 heterocycles. The molecular weight excluding hydrogens is 1320 g/mol. The van der Waals surface area contributed by atoms with Crippen LogP contribution in [0.1, 0.15) is 22.3 Å². The second-order valence-electron chi connectivity index (χ2n) is 28.6. The topological polar surface area (TPSA) is 38.7 Å². The molecule has 0 atom stereocenters. The first-order valence-corrected chi connectivity index (χ1v) is 37.4. The zero-order valence-electron chi connectivity index (χ0n) is 59.7. The molecule has 0 saturated heterocycles. The lowest BCUT2D eigenvalue weighted by atomic mass is 9.70. The molecule has 18 aromatic rings. The Labute approximate surface area is 635 Å². The summed E-state index contributed by atoms with van der Waals surface area (Å²) in [5.74, 6) is 1.79. The Morgan fingerprint density at radius 1 is 0.119 bits per heavy atom. The lowest BCUT2D eigenvalue weighted by Gasteiger charge is -2.30. The van der Waals surface area contributed by atoms with Crippen LogP contribution in [0.3, 0.4) is 0 Å². The Hall–Kier alpha value is -14.3. The van der Waals surface area contributed by atoms with Crippen molar-refractivity contribution in [3.63, 3.8) is 0 Å². The highest BCUT2D eigenvalue weighted by molar-refractivity contribution is 5.97. The number of fused-ring (bicyclic) bond motifs is 10. The van der Waals surface area contributed by atoms with Gasteiger partial charge < -0.3 is 0 Å². The fraction of sp³-hybridized carbons (Fsp3) is 0.00943. The van der Waals surface area contributed by atoms with Gasteiger partial charge in [0.15, 0.2) is 17.5 Å². The summed E-state index contributed by atoms with van der Waals surface area (Å²) < 4.78 is 0. The maximum Gasteiger partial charge on any atom is 0.164 e. The van der Waals surface area contributed by atoms with Crippen molar-refractivity contribution in [3.05, 3.63) is 441 Å². The molecule has 2 aliphatic carbocycles. The van der Waals surface area contributed by atoms with E-state index in [4.69, 9.17) is 15.0 Å². The van der Waals surface area contributed by atoms with E-state index in [9.17, 15) is 0 Å². The van der Waals surface area contributed by atoms with Crippen LogP contribution in [0.15, 0.2) is 419 Å². The van der Waals surface area contributed by atoms with Crippen molar-refractivity contribution >= 4 is 0 Å². The minimum Gasteiger partial charge on any atom is -0.208 e. The molecule has 0 aliphatic heterocycles. The summed E-state index contributed by atoms with van der Waals surface area (Å²) in [6.07, 6.45) is 0. The minimum absolute atomic E-state index is 0.392. The average Bonchev–Trinajstić information content (AvgIpc) is 1.51. The summed E-state index contributed by atoms with van der Waals surface area (Å²) in [7, 11) is 0. The molecule has 1 spiro atoms. The molecule has 17 aromatic carbocycles. The highest BCUT2D eigenvalue weighted by Crippen LogP contribution is 2.63. The molecule has 3 nitrogen and oxygen atoms in total. The van der Waals surface area contributed by atoms with E-state index in [1.165, 1.54) is 100 Å². The molecule has 508 valence electrons. The molecule has 0 saturated carbocycles. The standard InChI is InChI=1S/C106H69N3/c1-3-22-70(23-4-1)76-26-13-28-78(60-76)72-50-54-74(55-51-72)103-107-104(109-105(108-103)94-43-21-42-92(68-94)90-40-19-33-83(66-90)80-30-14-27-77(61-80)71-24-5-2-6-25-71)75-56-52-73(53-57-75)79-29-15-31-81(62-79)82-32-16-34-84(63-82)85-35-17-36-86(64-85)87-37-18-38-88(65-87)89-39-20-41-91(67-89)93-58-59-98-97-46-9-12-49-101(97)106(102(98)69-93)99-47-10-7-44-95(99)96-45-8-11-48-100(96)106/h1-69H. The van der Waals surface area contributed by atoms with Gasteiger partial charge in [-0.3, -0.25) is 0 Å². The third kappa shape index (κ3) is 11.9. The number of hydrogen-bond donors (Lipinski definition) is 0. The largest absolute Gasteiger partial charge is 0.208 e. The number of aromatic nitrogens is 3. The van der Waals surface area contributed by atoms with Gasteiger partial charge in [-0.1, -0.05) is 358 Å². The number of benzene rings is 17. The van der Waals surface area contributed by atoms with Crippen LogP contribution in [0, 0.1) is 0 Å². The lowest BCUT2D eigenvalue weighted by molar-refractivity contribution is 0.794. The van der Waals surface area contributed by atoms with E-state index in [0.29, 0.717) is 17.5 Å². The van der Waals surface area contributed by atoms with Gasteiger partial charge in [-0.15, -0.1) is 0 Å². The predicted molar refractivity (Wildman–Crippen MR) is 452 cm³/mol. The number of hydrogen-bond acceptors (Lipinski definition) is 3. The first kappa shape index (κ1) is 64.4. The molecule has 20 rings (SSSR count). The van der Waals surface area contributed by atoms with Crippen LogP contribution < -0.4 is 0 Å². The molecule has 0 unspecified atom stereocenters. The fourth-order valence-corrected chi connectivity index (χ4v) is 16.8. The molecule has 1 aromatic heterocycles. The van der Waals surface area contributed by atoms with Crippen molar-refractivity contribution in [2.45, 2.75) is 5.41 Å². The summed E-state index contributed by atoms with van der Waals surface area (Å²) >= 11 is 0. The fourth-order valence-electron chi connectivity index (χ4n) is 16.8. The van der Waals surface area contributed by atoms with E-state index in [1.807, 2.05) is 0 Å². The van der Waals surface area contributed by atoms with Crippen LogP contribution in [0.25, 0.3) is 179 Å². The molecule has 0 bridgehead atoms. The van der Waals surface area contributed by atoms with Crippen molar-refractivity contribution in [1.82, 2.24) is 15.0 Å². The Kier molecular flexibility index (Phi) is 16.1. The average molecular weight is 1380 g/mol. The maximum atomic E-state index is 5.29. The van der Waals surface area contributed by atoms with Gasteiger partial charge in [0.1, 0.15) is 0 Å². The Morgan fingerprint density at radius 3 is 0.596 bits per heavy atom. The number of rotatable bonds is 14. The molecule has 3 heteroatoms. The summed E-state index contributed by atoms with van der Waals surface area (Å²) in [5.41, 5.74) is 38.4. The summed E-state index contributed by atoms with van der Waals surface area (Å²) in [6, 6.07) is 152. The van der Waals surface area contributed by atoms with Gasteiger partial charge in [0.05, 0.1) is 5.41 Å². The normalized spacial score (nSPS) is 12.1. The minimum atomic E-state index is -0.392. The van der Waals surface area contributed by atoms with E-state index in [-0.39, 0.29) is 0 Å². The molecule has 0 amide bonds. The summed E-state index contributed by atoms with van der Waals surface area (Å²) in [4.78, 5) is 15.8. The Balaban J connectivity index is 0.577. The number of nitrogens with zero attached hydrogens (tertiary/aromatic N) is 3. The summed E-state index contributed by atoms with van der Waals surface area (Å²) in [6.45, 7) is 0. The maximum absolute atomic E-state index is 5.29. The zero-order valence-corrected chi connectivity index (χ0v) is 59.7. The lowest BCUT2D eigenvalue weighted by Crippen LogP contribution is -2.25. The van der Waals surface area contributed by atoms with Crippen LogP contribution >= 0.6 is 0 Å². The second-order valence-corrected chi connectivity index (χ2v) is 28.6. The van der Waals surface area contributed by atoms with Crippen LogP contribution in [0.5, 0.6) is 0 Å². The van der Waals surface area contributed by atoms with Crippen LogP contribution in [0.4, 0.5) is 0 Å². The third-order valence-corrected chi connectivity index (χ3v) is 22.2. The molecule has 109 heavy (non-hydrogen) atoms. The second kappa shape index (κ2) is 27.3. The van der Waals surface area contributed by atoms with Crippen LogP contribution in [-0.2, 0) is 5.41 Å². The van der Waals surface area contributed by atoms with Crippen LogP contribution in [-0.4, -0.2) is 15.0 Å². The monoisotopic (exact) mass is 1380 g/mol.